The Morgan fingerprint density at radius 1 is 1.24 bits per heavy atom. The Labute approximate surface area is 204 Å². The number of halogens is 5. The molecule has 0 fully saturated rings. The number of hydrogen-bond acceptors (Lipinski definition) is 5. The summed E-state index contributed by atoms with van der Waals surface area (Å²) in [5, 5.41) is 12.8. The van der Waals surface area contributed by atoms with Crippen LogP contribution in [0.4, 0.5) is 13.2 Å². The van der Waals surface area contributed by atoms with Crippen molar-refractivity contribution >= 4 is 34.9 Å². The molecule has 0 saturated heterocycles. The Bertz CT molecular complexity index is 1050. The smallest absolute Gasteiger partial charge is 0.478 e. The average Bonchev–Trinajstić information content (AvgIpc) is 3.15. The summed E-state index contributed by atoms with van der Waals surface area (Å²) in [5.74, 6) is -1.61. The van der Waals surface area contributed by atoms with Crippen LogP contribution >= 0.6 is 23.2 Å². The molecule has 1 aliphatic rings. The predicted octanol–water partition coefficient (Wildman–Crippen LogP) is 6.39. The molecule has 0 aliphatic carbocycles. The largest absolute Gasteiger partial charge is 0.573 e. The third-order valence-electron chi connectivity index (χ3n) is 5.47. The molecule has 1 heterocycles. The maximum atomic E-state index is 12.5. The number of hydrogen-bond donors (Lipinski definition) is 1. The van der Waals surface area contributed by atoms with Crippen LogP contribution in [0.5, 0.6) is 5.75 Å². The molecule has 3 rings (SSSR count). The molecule has 0 aromatic heterocycles. The lowest BCUT2D eigenvalue weighted by Gasteiger charge is -2.27. The van der Waals surface area contributed by atoms with E-state index >= 15 is 0 Å². The highest BCUT2D eigenvalue weighted by Gasteiger charge is 2.35. The van der Waals surface area contributed by atoms with Crippen LogP contribution in [0.3, 0.4) is 0 Å². The lowest BCUT2D eigenvalue weighted by molar-refractivity contribution is -0.274. The monoisotopic (exact) mass is 518 g/mol. The summed E-state index contributed by atoms with van der Waals surface area (Å²) in [4.78, 5) is 18.8. The van der Waals surface area contributed by atoms with Gasteiger partial charge in [-0.25, -0.2) is 4.79 Å². The summed E-state index contributed by atoms with van der Waals surface area (Å²) >= 11 is 12.0. The van der Waals surface area contributed by atoms with Gasteiger partial charge in [0.25, 0.3) is 0 Å². The Balaban J connectivity index is 1.60. The van der Waals surface area contributed by atoms with Crippen LogP contribution < -0.4 is 4.74 Å². The molecule has 2 aromatic rings. The lowest BCUT2D eigenvalue weighted by atomic mass is 9.92. The highest BCUT2D eigenvalue weighted by molar-refractivity contribution is 6.37. The van der Waals surface area contributed by atoms with E-state index in [0.717, 1.165) is 11.3 Å². The van der Waals surface area contributed by atoms with E-state index < -0.39 is 23.7 Å². The molecule has 34 heavy (non-hydrogen) atoms. The Hall–Kier alpha value is -2.49. The Morgan fingerprint density at radius 2 is 1.85 bits per heavy atom. The van der Waals surface area contributed by atoms with E-state index in [4.69, 9.17) is 33.1 Å². The van der Waals surface area contributed by atoms with Gasteiger partial charge in [0.15, 0.2) is 5.75 Å². The molecule has 0 saturated carbocycles. The van der Waals surface area contributed by atoms with Crippen molar-refractivity contribution in [3.05, 3.63) is 63.1 Å². The zero-order valence-electron chi connectivity index (χ0n) is 18.5. The Morgan fingerprint density at radius 3 is 2.38 bits per heavy atom. The van der Waals surface area contributed by atoms with Gasteiger partial charge in [0, 0.05) is 25.9 Å². The standard InChI is InChI=1S/C23H23Cl2F3N2O4/c1-3-30(13-14-10-17(24)20(18(25)11-14)33-23(26,27)28)9-8-22(2)12-19(29-34-22)15-4-6-16(7-5-15)21(31)32/h4-7,10-11H,3,8-9,12-13H2,1-2H3,(H,31,32). The first-order valence-electron chi connectivity index (χ1n) is 10.4. The van der Waals surface area contributed by atoms with Crippen LogP contribution in [0.1, 0.15) is 48.2 Å². The van der Waals surface area contributed by atoms with Crippen molar-refractivity contribution in [2.45, 2.75) is 45.2 Å². The predicted molar refractivity (Wildman–Crippen MR) is 123 cm³/mol. The first-order chi connectivity index (χ1) is 15.9. The van der Waals surface area contributed by atoms with Crippen molar-refractivity contribution in [3.8, 4) is 5.75 Å². The summed E-state index contributed by atoms with van der Waals surface area (Å²) in [6.07, 6.45) is -3.70. The van der Waals surface area contributed by atoms with Gasteiger partial charge in [-0.05, 0) is 48.9 Å². The third-order valence-corrected chi connectivity index (χ3v) is 6.03. The van der Waals surface area contributed by atoms with Crippen molar-refractivity contribution in [1.29, 1.82) is 0 Å². The maximum absolute atomic E-state index is 12.5. The molecule has 184 valence electrons. The van der Waals surface area contributed by atoms with Crippen molar-refractivity contribution < 1.29 is 32.6 Å². The average molecular weight is 519 g/mol. The molecule has 0 amide bonds. The lowest BCUT2D eigenvalue weighted by Crippen LogP contribution is -2.33. The highest BCUT2D eigenvalue weighted by Crippen LogP contribution is 2.38. The number of carboxylic acids is 1. The van der Waals surface area contributed by atoms with Gasteiger partial charge in [-0.3, -0.25) is 4.90 Å². The van der Waals surface area contributed by atoms with Gasteiger partial charge in [0.1, 0.15) is 5.60 Å². The molecule has 1 aliphatic heterocycles. The van der Waals surface area contributed by atoms with E-state index in [9.17, 15) is 18.0 Å². The number of carbonyl (C=O) groups is 1. The number of rotatable bonds is 9. The molecule has 0 bridgehead atoms. The topological polar surface area (TPSA) is 71.4 Å². The van der Waals surface area contributed by atoms with E-state index in [1.807, 2.05) is 13.8 Å². The summed E-state index contributed by atoms with van der Waals surface area (Å²) in [6, 6.07) is 9.27. The van der Waals surface area contributed by atoms with Gasteiger partial charge in [0.05, 0.1) is 21.3 Å². The number of aromatic carboxylic acids is 1. The van der Waals surface area contributed by atoms with Crippen LogP contribution in [0.25, 0.3) is 0 Å². The van der Waals surface area contributed by atoms with E-state index in [2.05, 4.69) is 14.8 Å². The van der Waals surface area contributed by atoms with Crippen molar-refractivity contribution in [2.24, 2.45) is 5.16 Å². The second-order valence-corrected chi connectivity index (χ2v) is 9.01. The van der Waals surface area contributed by atoms with Crippen LogP contribution in [-0.2, 0) is 11.4 Å². The molecule has 1 N–H and O–H groups in total. The number of alkyl halides is 3. The van der Waals surface area contributed by atoms with Crippen molar-refractivity contribution in [1.82, 2.24) is 4.90 Å². The SMILES string of the molecule is CCN(CCC1(C)CC(c2ccc(C(=O)O)cc2)=NO1)Cc1cc(Cl)c(OC(F)(F)F)c(Cl)c1. The first-order valence-corrected chi connectivity index (χ1v) is 11.2. The third kappa shape index (κ3) is 6.77. The minimum atomic E-state index is -4.89. The van der Waals surface area contributed by atoms with Crippen molar-refractivity contribution in [3.63, 3.8) is 0 Å². The van der Waals surface area contributed by atoms with Gasteiger partial charge >= 0.3 is 12.3 Å². The Kier molecular flexibility index (Phi) is 8.00. The summed E-state index contributed by atoms with van der Waals surface area (Å²) < 4.78 is 41.5. The van der Waals surface area contributed by atoms with Crippen molar-refractivity contribution in [2.75, 3.05) is 13.1 Å². The number of ether oxygens (including phenoxy) is 1. The van der Waals surface area contributed by atoms with E-state index in [-0.39, 0.29) is 15.6 Å². The molecule has 1 atom stereocenters. The van der Waals surface area contributed by atoms with E-state index in [1.54, 1.807) is 12.1 Å². The normalized spacial score (nSPS) is 18.1. The zero-order valence-corrected chi connectivity index (χ0v) is 20.0. The quantitative estimate of drug-likeness (QED) is 0.416. The second-order valence-electron chi connectivity index (χ2n) is 8.19. The summed E-state index contributed by atoms with van der Waals surface area (Å²) in [6.45, 7) is 5.64. The van der Waals surface area contributed by atoms with Crippen LogP contribution in [0.2, 0.25) is 10.0 Å². The number of carboxylic acid groups (broad SMARTS) is 1. The fourth-order valence-electron chi connectivity index (χ4n) is 3.60. The molecule has 0 spiro atoms. The number of oxime groups is 1. The molecule has 6 nitrogen and oxygen atoms in total. The van der Waals surface area contributed by atoms with Gasteiger partial charge < -0.3 is 14.7 Å². The number of benzene rings is 2. The first kappa shape index (κ1) is 26.1. The fraction of sp³-hybridized carbons (Fsp3) is 0.391. The highest BCUT2D eigenvalue weighted by atomic mass is 35.5. The van der Waals surface area contributed by atoms with E-state index in [0.29, 0.717) is 38.0 Å². The fourth-order valence-corrected chi connectivity index (χ4v) is 4.21. The van der Waals surface area contributed by atoms with Gasteiger partial charge in [0.2, 0.25) is 0 Å². The molecular weight excluding hydrogens is 496 g/mol. The van der Waals surface area contributed by atoms with Crippen LogP contribution in [-0.4, -0.2) is 46.7 Å². The molecule has 1 unspecified atom stereocenters. The molecule has 2 aromatic carbocycles. The van der Waals surface area contributed by atoms with Gasteiger partial charge in [-0.2, -0.15) is 0 Å². The number of nitrogens with zero attached hydrogens (tertiary/aromatic N) is 2. The van der Waals surface area contributed by atoms with Gasteiger partial charge in [-0.15, -0.1) is 13.2 Å². The molecule has 11 heteroatoms. The van der Waals surface area contributed by atoms with Crippen LogP contribution in [0, 0.1) is 0 Å². The van der Waals surface area contributed by atoms with Crippen LogP contribution in [0.15, 0.2) is 41.6 Å². The molecule has 0 radical (unpaired) electrons. The molecular formula is C23H23Cl2F3N2O4. The summed E-state index contributed by atoms with van der Waals surface area (Å²) in [5.41, 5.74) is 1.84. The van der Waals surface area contributed by atoms with Gasteiger partial charge in [-0.1, -0.05) is 47.4 Å². The zero-order chi connectivity index (χ0) is 25.1. The minimum Gasteiger partial charge on any atom is -0.478 e. The summed E-state index contributed by atoms with van der Waals surface area (Å²) in [7, 11) is 0. The second kappa shape index (κ2) is 10.4. The maximum Gasteiger partial charge on any atom is 0.573 e. The van der Waals surface area contributed by atoms with E-state index in [1.165, 1.54) is 24.3 Å². The minimum absolute atomic E-state index is 0.197.